The number of nitrogens with zero attached hydrogens (tertiary/aromatic N) is 4. The first-order valence-electron chi connectivity index (χ1n) is 10.3. The van der Waals surface area contributed by atoms with Crippen LogP contribution in [-0.4, -0.2) is 55.6 Å². The number of aliphatic imine (C=N–C) groups is 1. The Bertz CT molecular complexity index is 871. The number of aromatic nitrogens is 1. The van der Waals surface area contributed by atoms with Crippen LogP contribution in [0.2, 0.25) is 10.0 Å². The summed E-state index contributed by atoms with van der Waals surface area (Å²) in [7, 11) is 2.16. The van der Waals surface area contributed by atoms with Gasteiger partial charge in [-0.1, -0.05) is 29.3 Å². The average molecular weight is 577 g/mol. The molecule has 1 aromatic carbocycles. The summed E-state index contributed by atoms with van der Waals surface area (Å²) in [5.74, 6) is 1.77. The van der Waals surface area contributed by atoms with Crippen molar-refractivity contribution in [3.05, 3.63) is 57.7 Å². The average Bonchev–Trinajstić information content (AvgIpc) is 2.73. The van der Waals surface area contributed by atoms with Gasteiger partial charge in [-0.05, 0) is 56.3 Å². The lowest BCUT2D eigenvalue weighted by molar-refractivity contribution is 0.312. The van der Waals surface area contributed by atoms with E-state index >= 15 is 0 Å². The fourth-order valence-electron chi connectivity index (χ4n) is 3.39. The number of pyridine rings is 1. The maximum atomic E-state index is 6.36. The van der Waals surface area contributed by atoms with E-state index in [9.17, 15) is 0 Å². The van der Waals surface area contributed by atoms with E-state index in [1.807, 2.05) is 24.4 Å². The molecule has 1 aliphatic rings. The molecular weight excluding hydrogens is 546 g/mol. The van der Waals surface area contributed by atoms with E-state index in [0.717, 1.165) is 55.6 Å². The first kappa shape index (κ1) is 26.0. The molecule has 1 atom stereocenters. The monoisotopic (exact) mass is 576 g/mol. The minimum Gasteiger partial charge on any atom is -0.357 e. The molecule has 0 bridgehead atoms. The molecule has 31 heavy (non-hydrogen) atoms. The van der Waals surface area contributed by atoms with Crippen LogP contribution >= 0.6 is 47.2 Å². The Morgan fingerprint density at radius 2 is 1.90 bits per heavy atom. The molecule has 1 saturated heterocycles. The molecule has 0 spiro atoms. The van der Waals surface area contributed by atoms with Crippen LogP contribution in [0.4, 0.5) is 5.82 Å². The van der Waals surface area contributed by atoms with Gasteiger partial charge in [0.1, 0.15) is 5.82 Å². The molecule has 1 aliphatic heterocycles. The second-order valence-electron chi connectivity index (χ2n) is 7.54. The van der Waals surface area contributed by atoms with Crippen LogP contribution in [0.1, 0.15) is 31.0 Å². The highest BCUT2D eigenvalue weighted by atomic mass is 127. The van der Waals surface area contributed by atoms with Gasteiger partial charge in [0.25, 0.3) is 0 Å². The van der Waals surface area contributed by atoms with Gasteiger partial charge in [-0.3, -0.25) is 0 Å². The number of rotatable bonds is 6. The Balaban J connectivity index is 0.00000341. The van der Waals surface area contributed by atoms with Crippen molar-refractivity contribution in [2.45, 2.75) is 26.4 Å². The highest BCUT2D eigenvalue weighted by molar-refractivity contribution is 14.0. The van der Waals surface area contributed by atoms with Crippen LogP contribution in [-0.2, 0) is 6.54 Å². The van der Waals surface area contributed by atoms with E-state index in [1.54, 1.807) is 6.07 Å². The van der Waals surface area contributed by atoms with Crippen LogP contribution < -0.4 is 15.5 Å². The zero-order valence-electron chi connectivity index (χ0n) is 18.2. The van der Waals surface area contributed by atoms with E-state index in [2.05, 4.69) is 52.4 Å². The van der Waals surface area contributed by atoms with Crippen molar-refractivity contribution in [1.82, 2.24) is 20.5 Å². The molecule has 1 aromatic heterocycles. The third-order valence-electron chi connectivity index (χ3n) is 5.18. The largest absolute Gasteiger partial charge is 0.357 e. The van der Waals surface area contributed by atoms with Crippen molar-refractivity contribution in [3.63, 3.8) is 0 Å². The summed E-state index contributed by atoms with van der Waals surface area (Å²) < 4.78 is 0. The Morgan fingerprint density at radius 1 is 1.16 bits per heavy atom. The third kappa shape index (κ3) is 7.66. The maximum Gasteiger partial charge on any atom is 0.192 e. The van der Waals surface area contributed by atoms with Gasteiger partial charge >= 0.3 is 0 Å². The Morgan fingerprint density at radius 3 is 2.58 bits per heavy atom. The van der Waals surface area contributed by atoms with Gasteiger partial charge in [0, 0.05) is 49.0 Å². The van der Waals surface area contributed by atoms with Crippen LogP contribution in [0.3, 0.4) is 0 Å². The number of nitrogens with one attached hydrogen (secondary N) is 2. The molecule has 0 saturated carbocycles. The molecule has 0 aliphatic carbocycles. The van der Waals surface area contributed by atoms with E-state index in [-0.39, 0.29) is 30.0 Å². The van der Waals surface area contributed by atoms with Crippen molar-refractivity contribution in [2.24, 2.45) is 4.99 Å². The number of anilines is 1. The number of likely N-dealkylation sites (N-methyl/N-ethyl adjacent to an activating group) is 1. The van der Waals surface area contributed by atoms with Gasteiger partial charge in [-0.2, -0.15) is 0 Å². The van der Waals surface area contributed by atoms with Gasteiger partial charge in [-0.25, -0.2) is 9.98 Å². The first-order valence-corrected chi connectivity index (χ1v) is 11.1. The lowest BCUT2D eigenvalue weighted by Gasteiger charge is -2.33. The summed E-state index contributed by atoms with van der Waals surface area (Å²) in [4.78, 5) is 14.0. The SMILES string of the molecule is CCNC(=NCc1ccnc(N2CCN(C)CC2)c1)NC(C)c1ccc(Cl)cc1Cl.I. The summed E-state index contributed by atoms with van der Waals surface area (Å²) in [6, 6.07) is 9.70. The molecule has 1 unspecified atom stereocenters. The normalized spacial score (nSPS) is 15.9. The van der Waals surface area contributed by atoms with Gasteiger partial charge in [0.05, 0.1) is 12.6 Å². The summed E-state index contributed by atoms with van der Waals surface area (Å²) >= 11 is 12.4. The van der Waals surface area contributed by atoms with E-state index in [0.29, 0.717) is 16.6 Å². The summed E-state index contributed by atoms with van der Waals surface area (Å²) in [5.41, 5.74) is 2.11. The van der Waals surface area contributed by atoms with E-state index in [4.69, 9.17) is 28.2 Å². The van der Waals surface area contributed by atoms with Gasteiger partial charge in [-0.15, -0.1) is 24.0 Å². The molecular formula is C22H31Cl2IN6. The molecule has 2 N–H and O–H groups in total. The smallest absolute Gasteiger partial charge is 0.192 e. The predicted molar refractivity (Wildman–Crippen MR) is 142 cm³/mol. The van der Waals surface area contributed by atoms with Crippen molar-refractivity contribution in [2.75, 3.05) is 44.7 Å². The van der Waals surface area contributed by atoms with Crippen LogP contribution in [0, 0.1) is 0 Å². The van der Waals surface area contributed by atoms with Crippen LogP contribution in [0.15, 0.2) is 41.5 Å². The summed E-state index contributed by atoms with van der Waals surface area (Å²) in [6.07, 6.45) is 1.87. The maximum absolute atomic E-state index is 6.36. The Hall–Kier alpha value is -1.29. The third-order valence-corrected chi connectivity index (χ3v) is 5.75. The zero-order valence-corrected chi connectivity index (χ0v) is 22.1. The topological polar surface area (TPSA) is 55.8 Å². The van der Waals surface area contributed by atoms with Gasteiger partial charge in [0.15, 0.2) is 5.96 Å². The molecule has 2 aromatic rings. The summed E-state index contributed by atoms with van der Waals surface area (Å²) in [6.45, 7) is 9.57. The second-order valence-corrected chi connectivity index (χ2v) is 8.38. The number of hydrogen-bond donors (Lipinski definition) is 2. The first-order chi connectivity index (χ1) is 14.5. The van der Waals surface area contributed by atoms with Crippen molar-refractivity contribution < 1.29 is 0 Å². The molecule has 3 rings (SSSR count). The standard InChI is InChI=1S/C22H30Cl2N6.HI/c1-4-25-22(28-16(2)19-6-5-18(23)14-20(19)24)27-15-17-7-8-26-21(13-17)30-11-9-29(3)10-12-30;/h5-8,13-14,16H,4,9-12,15H2,1-3H3,(H2,25,27,28);1H. The number of halogens is 3. The second kappa shape index (κ2) is 12.7. The van der Waals surface area contributed by atoms with Crippen molar-refractivity contribution in [1.29, 1.82) is 0 Å². The highest BCUT2D eigenvalue weighted by Gasteiger charge is 2.15. The fourth-order valence-corrected chi connectivity index (χ4v) is 3.97. The molecule has 1 fully saturated rings. The van der Waals surface area contributed by atoms with Crippen molar-refractivity contribution >= 4 is 59.0 Å². The molecule has 9 heteroatoms. The van der Waals surface area contributed by atoms with Crippen LogP contribution in [0.5, 0.6) is 0 Å². The summed E-state index contributed by atoms with van der Waals surface area (Å²) in [5, 5.41) is 8.01. The number of guanidine groups is 1. The molecule has 0 radical (unpaired) electrons. The van der Waals surface area contributed by atoms with Gasteiger partial charge < -0.3 is 20.4 Å². The Kier molecular flexibility index (Phi) is 10.6. The predicted octanol–water partition coefficient (Wildman–Crippen LogP) is 4.57. The number of benzene rings is 1. The minimum atomic E-state index is -0.00842. The number of piperazine rings is 1. The van der Waals surface area contributed by atoms with E-state index in [1.165, 1.54) is 0 Å². The quantitative estimate of drug-likeness (QED) is 0.300. The van der Waals surface area contributed by atoms with Crippen molar-refractivity contribution in [3.8, 4) is 0 Å². The van der Waals surface area contributed by atoms with Gasteiger partial charge in [0.2, 0.25) is 0 Å². The molecule has 6 nitrogen and oxygen atoms in total. The lowest BCUT2D eigenvalue weighted by Crippen LogP contribution is -2.44. The highest BCUT2D eigenvalue weighted by Crippen LogP contribution is 2.26. The molecule has 170 valence electrons. The molecule has 0 amide bonds. The van der Waals surface area contributed by atoms with Crippen LogP contribution in [0.25, 0.3) is 0 Å². The minimum absolute atomic E-state index is 0. The van der Waals surface area contributed by atoms with E-state index < -0.39 is 0 Å². The fraction of sp³-hybridized carbons (Fsp3) is 0.455. The lowest BCUT2D eigenvalue weighted by atomic mass is 10.1. The zero-order chi connectivity index (χ0) is 21.5. The Labute approximate surface area is 212 Å². The number of hydrogen-bond acceptors (Lipinski definition) is 4. The molecule has 2 heterocycles.